The molecule has 18 heavy (non-hydrogen) atoms. The number of Topliss-reactive ketones (excluding diaryl/α,β-unsaturated/α-hetero) is 1. The van der Waals surface area contributed by atoms with Gasteiger partial charge in [0.2, 0.25) is 0 Å². The van der Waals surface area contributed by atoms with Gasteiger partial charge in [0.05, 0.1) is 11.1 Å². The van der Waals surface area contributed by atoms with Crippen molar-refractivity contribution in [3.05, 3.63) is 23.8 Å². The molecule has 4 nitrogen and oxygen atoms in total. The highest BCUT2D eigenvalue weighted by Gasteiger charge is 2.34. The predicted octanol–water partition coefficient (Wildman–Crippen LogP) is 2.43. The fourth-order valence-electron chi connectivity index (χ4n) is 1.47. The van der Waals surface area contributed by atoms with Crippen LogP contribution in [-0.2, 0) is 0 Å². The van der Waals surface area contributed by atoms with E-state index >= 15 is 0 Å². The van der Waals surface area contributed by atoms with Gasteiger partial charge in [0.15, 0.2) is 5.78 Å². The molecule has 1 aromatic carbocycles. The second-order valence-corrected chi connectivity index (χ2v) is 5.67. The minimum atomic E-state index is -0.888. The third kappa shape index (κ3) is 3.01. The second kappa shape index (κ2) is 4.61. The van der Waals surface area contributed by atoms with Crippen LogP contribution >= 0.6 is 0 Å². The lowest BCUT2D eigenvalue weighted by atomic mass is 9.85. The first-order chi connectivity index (χ1) is 8.04. The maximum absolute atomic E-state index is 11.3. The molecule has 100 valence electrons. The molecule has 0 saturated heterocycles. The number of nitrogens with two attached hydrogens (primary N) is 1. The van der Waals surface area contributed by atoms with E-state index in [4.69, 9.17) is 5.73 Å². The number of aliphatic hydroxyl groups is 1. The maximum Gasteiger partial charge on any atom is 0.161 e. The summed E-state index contributed by atoms with van der Waals surface area (Å²) < 4.78 is 0. The fourth-order valence-corrected chi connectivity index (χ4v) is 1.47. The molecule has 0 heterocycles. The molecule has 0 saturated carbocycles. The van der Waals surface area contributed by atoms with Crippen LogP contribution in [0.4, 0.5) is 11.4 Å². The zero-order valence-corrected chi connectivity index (χ0v) is 11.7. The van der Waals surface area contributed by atoms with E-state index in [-0.39, 0.29) is 5.78 Å². The van der Waals surface area contributed by atoms with Crippen LogP contribution in [-0.4, -0.2) is 22.0 Å². The highest BCUT2D eigenvalue weighted by Crippen LogP contribution is 2.27. The van der Waals surface area contributed by atoms with Crippen molar-refractivity contribution in [2.45, 2.75) is 45.8 Å². The van der Waals surface area contributed by atoms with Crippen molar-refractivity contribution in [1.29, 1.82) is 0 Å². The van der Waals surface area contributed by atoms with Crippen LogP contribution in [0.1, 0.15) is 45.0 Å². The van der Waals surface area contributed by atoms with Gasteiger partial charge in [-0.25, -0.2) is 0 Å². The largest absolute Gasteiger partial charge is 0.398 e. The zero-order valence-electron chi connectivity index (χ0n) is 11.7. The van der Waals surface area contributed by atoms with Crippen molar-refractivity contribution in [2.75, 3.05) is 11.1 Å². The fraction of sp³-hybridized carbons (Fsp3) is 0.500. The minimum absolute atomic E-state index is 0.0548. The van der Waals surface area contributed by atoms with Crippen molar-refractivity contribution in [3.8, 4) is 0 Å². The van der Waals surface area contributed by atoms with E-state index in [1.54, 1.807) is 32.0 Å². The van der Waals surface area contributed by atoms with Crippen molar-refractivity contribution >= 4 is 17.2 Å². The van der Waals surface area contributed by atoms with Gasteiger partial charge in [-0.2, -0.15) is 0 Å². The molecule has 0 radical (unpaired) electrons. The van der Waals surface area contributed by atoms with Crippen LogP contribution in [0, 0.1) is 0 Å². The molecule has 0 aliphatic heterocycles. The molecule has 4 heteroatoms. The third-order valence-corrected chi connectivity index (χ3v) is 3.42. The summed E-state index contributed by atoms with van der Waals surface area (Å²) in [6.07, 6.45) is 0. The number of hydrogen-bond donors (Lipinski definition) is 3. The molecule has 0 amide bonds. The quantitative estimate of drug-likeness (QED) is 0.566. The number of rotatable bonds is 4. The minimum Gasteiger partial charge on any atom is -0.398 e. The first kappa shape index (κ1) is 14.5. The van der Waals surface area contributed by atoms with Crippen LogP contribution in [0.25, 0.3) is 0 Å². The van der Waals surface area contributed by atoms with Crippen LogP contribution in [0.5, 0.6) is 0 Å². The molecule has 0 unspecified atom stereocenters. The summed E-state index contributed by atoms with van der Waals surface area (Å²) in [4.78, 5) is 11.3. The molecule has 0 atom stereocenters. The van der Waals surface area contributed by atoms with Gasteiger partial charge < -0.3 is 16.2 Å². The molecule has 1 rings (SSSR count). The first-order valence-corrected chi connectivity index (χ1v) is 5.95. The average Bonchev–Trinajstić information content (AvgIpc) is 2.14. The van der Waals surface area contributed by atoms with E-state index in [0.717, 1.165) is 5.69 Å². The van der Waals surface area contributed by atoms with E-state index in [9.17, 15) is 9.90 Å². The van der Waals surface area contributed by atoms with E-state index in [1.807, 2.05) is 13.8 Å². The lowest BCUT2D eigenvalue weighted by Crippen LogP contribution is -2.51. The first-order valence-electron chi connectivity index (χ1n) is 5.95. The number of hydrogen-bond acceptors (Lipinski definition) is 4. The SMILES string of the molecule is CC(=O)c1ccc(NC(C)(C)C(C)(C)O)cc1N. The molecule has 0 bridgehead atoms. The standard InChI is InChI=1S/C14H22N2O2/c1-9(17)11-7-6-10(8-12(11)15)16-13(2,3)14(4,5)18/h6-8,16,18H,15H2,1-5H3. The number of carbonyl (C=O) groups is 1. The van der Waals surface area contributed by atoms with Gasteiger partial charge in [-0.15, -0.1) is 0 Å². The van der Waals surface area contributed by atoms with E-state index in [0.29, 0.717) is 11.3 Å². The number of benzene rings is 1. The Morgan fingerprint density at radius 2 is 1.83 bits per heavy atom. The van der Waals surface area contributed by atoms with Gasteiger partial charge in [0, 0.05) is 16.9 Å². The van der Waals surface area contributed by atoms with Crippen LogP contribution in [0.3, 0.4) is 0 Å². The van der Waals surface area contributed by atoms with Gasteiger partial charge in [-0.3, -0.25) is 4.79 Å². The van der Waals surface area contributed by atoms with Crippen molar-refractivity contribution < 1.29 is 9.90 Å². The van der Waals surface area contributed by atoms with Gasteiger partial charge in [0.25, 0.3) is 0 Å². The topological polar surface area (TPSA) is 75.3 Å². The Hall–Kier alpha value is -1.55. The summed E-state index contributed by atoms with van der Waals surface area (Å²) in [5, 5.41) is 13.3. The summed E-state index contributed by atoms with van der Waals surface area (Å²) in [6.45, 7) is 8.78. The highest BCUT2D eigenvalue weighted by molar-refractivity contribution is 5.99. The Morgan fingerprint density at radius 3 is 2.22 bits per heavy atom. The van der Waals surface area contributed by atoms with E-state index in [1.165, 1.54) is 6.92 Å². The molecular formula is C14H22N2O2. The molecule has 0 aliphatic carbocycles. The normalized spacial score (nSPS) is 12.3. The lowest BCUT2D eigenvalue weighted by Gasteiger charge is -2.39. The Bertz CT molecular complexity index is 459. The Labute approximate surface area is 108 Å². The van der Waals surface area contributed by atoms with Crippen LogP contribution in [0.15, 0.2) is 18.2 Å². The van der Waals surface area contributed by atoms with Crippen molar-refractivity contribution in [3.63, 3.8) is 0 Å². The molecule has 1 aromatic rings. The predicted molar refractivity (Wildman–Crippen MR) is 74.9 cm³/mol. The number of nitrogen functional groups attached to an aromatic ring is 1. The molecular weight excluding hydrogens is 228 g/mol. The van der Waals surface area contributed by atoms with Crippen molar-refractivity contribution in [2.24, 2.45) is 0 Å². The summed E-state index contributed by atoms with van der Waals surface area (Å²) >= 11 is 0. The molecule has 4 N–H and O–H groups in total. The van der Waals surface area contributed by atoms with Crippen LogP contribution in [0.2, 0.25) is 0 Å². The zero-order chi connectivity index (χ0) is 14.1. The van der Waals surface area contributed by atoms with Gasteiger partial charge in [-0.05, 0) is 52.8 Å². The summed E-state index contributed by atoms with van der Waals surface area (Å²) in [6, 6.07) is 5.20. The molecule has 0 spiro atoms. The molecule has 0 fully saturated rings. The maximum atomic E-state index is 11.3. The van der Waals surface area contributed by atoms with Crippen LogP contribution < -0.4 is 11.1 Å². The number of ketones is 1. The summed E-state index contributed by atoms with van der Waals surface area (Å²) in [7, 11) is 0. The summed E-state index contributed by atoms with van der Waals surface area (Å²) in [5.74, 6) is -0.0548. The lowest BCUT2D eigenvalue weighted by molar-refractivity contribution is 0.0240. The van der Waals surface area contributed by atoms with Gasteiger partial charge in [-0.1, -0.05) is 0 Å². The number of anilines is 2. The Balaban J connectivity index is 3.01. The third-order valence-electron chi connectivity index (χ3n) is 3.42. The number of nitrogens with one attached hydrogen (secondary N) is 1. The highest BCUT2D eigenvalue weighted by atomic mass is 16.3. The Morgan fingerprint density at radius 1 is 1.28 bits per heavy atom. The number of carbonyl (C=O) groups excluding carboxylic acids is 1. The second-order valence-electron chi connectivity index (χ2n) is 5.67. The molecule has 0 aromatic heterocycles. The van der Waals surface area contributed by atoms with Gasteiger partial charge in [0.1, 0.15) is 0 Å². The Kier molecular flexibility index (Phi) is 3.72. The van der Waals surface area contributed by atoms with Crippen molar-refractivity contribution in [1.82, 2.24) is 0 Å². The summed E-state index contributed by atoms with van der Waals surface area (Å²) in [5.41, 5.74) is 6.16. The average molecular weight is 250 g/mol. The van der Waals surface area contributed by atoms with E-state index < -0.39 is 11.1 Å². The van der Waals surface area contributed by atoms with Gasteiger partial charge >= 0.3 is 0 Å². The smallest absolute Gasteiger partial charge is 0.161 e. The van der Waals surface area contributed by atoms with E-state index in [2.05, 4.69) is 5.32 Å². The molecule has 0 aliphatic rings. The monoisotopic (exact) mass is 250 g/mol.